The summed E-state index contributed by atoms with van der Waals surface area (Å²) in [7, 11) is 1.94. The highest BCUT2D eigenvalue weighted by Gasteiger charge is 2.23. The van der Waals surface area contributed by atoms with Crippen molar-refractivity contribution in [2.75, 3.05) is 12.4 Å². The van der Waals surface area contributed by atoms with Crippen LogP contribution >= 0.6 is 0 Å². The third-order valence-corrected chi connectivity index (χ3v) is 3.17. The van der Waals surface area contributed by atoms with Gasteiger partial charge in [-0.05, 0) is 48.2 Å². The van der Waals surface area contributed by atoms with Crippen LogP contribution in [0.2, 0.25) is 0 Å². The van der Waals surface area contributed by atoms with Crippen LogP contribution < -0.4 is 10.1 Å². The van der Waals surface area contributed by atoms with Crippen LogP contribution in [-0.4, -0.2) is 13.2 Å². The molecule has 0 aliphatic heterocycles. The summed E-state index contributed by atoms with van der Waals surface area (Å²) in [5, 5.41) is 3.16. The maximum atomic E-state index is 5.75. The van der Waals surface area contributed by atoms with E-state index in [0.29, 0.717) is 6.10 Å². The zero-order valence-electron chi connectivity index (χ0n) is 10.5. The molecule has 92 valence electrons. The Morgan fingerprint density at radius 2 is 1.78 bits per heavy atom. The molecule has 0 spiro atoms. The largest absolute Gasteiger partial charge is 0.490 e. The number of hydrogen-bond acceptors (Lipinski definition) is 2. The Morgan fingerprint density at radius 3 is 2.44 bits per heavy atom. The van der Waals surface area contributed by atoms with E-state index in [2.05, 4.69) is 53.8 Å². The topological polar surface area (TPSA) is 21.3 Å². The van der Waals surface area contributed by atoms with E-state index in [9.17, 15) is 0 Å². The summed E-state index contributed by atoms with van der Waals surface area (Å²) < 4.78 is 5.75. The Morgan fingerprint density at radius 1 is 1.00 bits per heavy atom. The first-order valence-electron chi connectivity index (χ1n) is 6.40. The Hall–Kier alpha value is -1.96. The number of ether oxygens (including phenoxy) is 1. The summed E-state index contributed by atoms with van der Waals surface area (Å²) in [6.45, 7) is 0. The minimum atomic E-state index is 0.462. The van der Waals surface area contributed by atoms with E-state index in [-0.39, 0.29) is 0 Å². The molecule has 2 aromatic carbocycles. The van der Waals surface area contributed by atoms with Gasteiger partial charge in [0, 0.05) is 12.7 Å². The average molecular weight is 239 g/mol. The van der Waals surface area contributed by atoms with E-state index in [0.717, 1.165) is 11.4 Å². The minimum Gasteiger partial charge on any atom is -0.490 e. The van der Waals surface area contributed by atoms with Gasteiger partial charge in [0.1, 0.15) is 5.75 Å². The third-order valence-electron chi connectivity index (χ3n) is 3.17. The molecule has 2 aromatic rings. The Labute approximate surface area is 108 Å². The molecule has 18 heavy (non-hydrogen) atoms. The number of benzene rings is 2. The van der Waals surface area contributed by atoms with Crippen LogP contribution in [0.15, 0.2) is 48.5 Å². The Bertz CT molecular complexity index is 529. The van der Waals surface area contributed by atoms with E-state index in [1.54, 1.807) is 0 Å². The number of nitrogens with one attached hydrogen (secondary N) is 1. The minimum absolute atomic E-state index is 0.462. The molecule has 2 heteroatoms. The summed E-state index contributed by atoms with van der Waals surface area (Å²) in [5.74, 6) is 0.978. The smallest absolute Gasteiger partial charge is 0.119 e. The molecule has 0 bridgehead atoms. The van der Waals surface area contributed by atoms with Crippen molar-refractivity contribution < 1.29 is 4.74 Å². The normalized spacial score (nSPS) is 14.3. The first-order valence-corrected chi connectivity index (χ1v) is 6.40. The highest BCUT2D eigenvalue weighted by Crippen LogP contribution is 2.29. The van der Waals surface area contributed by atoms with Gasteiger partial charge in [0.25, 0.3) is 0 Å². The lowest BCUT2D eigenvalue weighted by Crippen LogP contribution is -1.95. The van der Waals surface area contributed by atoms with Crippen molar-refractivity contribution in [1.29, 1.82) is 0 Å². The number of anilines is 1. The fraction of sp³-hybridized carbons (Fsp3) is 0.250. The molecule has 1 N–H and O–H groups in total. The SMILES string of the molecule is CNc1cccc(-c2ccc(OC3CC3)cc2)c1. The molecule has 1 aliphatic rings. The third kappa shape index (κ3) is 2.48. The molecule has 1 saturated carbocycles. The molecule has 0 aromatic heterocycles. The van der Waals surface area contributed by atoms with Crippen molar-refractivity contribution in [2.24, 2.45) is 0 Å². The highest BCUT2D eigenvalue weighted by molar-refractivity contribution is 5.68. The van der Waals surface area contributed by atoms with Gasteiger partial charge >= 0.3 is 0 Å². The van der Waals surface area contributed by atoms with Crippen LogP contribution in [-0.2, 0) is 0 Å². The zero-order chi connectivity index (χ0) is 12.4. The van der Waals surface area contributed by atoms with E-state index in [1.165, 1.54) is 24.0 Å². The van der Waals surface area contributed by atoms with Crippen LogP contribution in [0.4, 0.5) is 5.69 Å². The average Bonchev–Trinajstić information content (AvgIpc) is 3.24. The zero-order valence-corrected chi connectivity index (χ0v) is 10.5. The van der Waals surface area contributed by atoms with Crippen molar-refractivity contribution in [3.8, 4) is 16.9 Å². The van der Waals surface area contributed by atoms with Gasteiger partial charge in [-0.1, -0.05) is 24.3 Å². The quantitative estimate of drug-likeness (QED) is 0.872. The van der Waals surface area contributed by atoms with Crippen LogP contribution in [0.5, 0.6) is 5.75 Å². The van der Waals surface area contributed by atoms with E-state index >= 15 is 0 Å². The van der Waals surface area contributed by atoms with Gasteiger partial charge in [-0.15, -0.1) is 0 Å². The van der Waals surface area contributed by atoms with Gasteiger partial charge in [-0.3, -0.25) is 0 Å². The van der Waals surface area contributed by atoms with E-state index in [1.807, 2.05) is 7.05 Å². The van der Waals surface area contributed by atoms with Crippen molar-refractivity contribution in [3.63, 3.8) is 0 Å². The monoisotopic (exact) mass is 239 g/mol. The molecular formula is C16H17NO. The predicted octanol–water partition coefficient (Wildman–Crippen LogP) is 3.94. The van der Waals surface area contributed by atoms with Gasteiger partial charge in [0.05, 0.1) is 6.10 Å². The molecule has 2 nitrogen and oxygen atoms in total. The molecule has 0 saturated heterocycles. The van der Waals surface area contributed by atoms with Crippen molar-refractivity contribution in [2.45, 2.75) is 18.9 Å². The Balaban J connectivity index is 1.81. The van der Waals surface area contributed by atoms with Crippen LogP contribution in [0.3, 0.4) is 0 Å². The lowest BCUT2D eigenvalue weighted by Gasteiger charge is -2.07. The first kappa shape index (κ1) is 11.1. The predicted molar refractivity (Wildman–Crippen MR) is 75.1 cm³/mol. The van der Waals surface area contributed by atoms with Crippen LogP contribution in [0.1, 0.15) is 12.8 Å². The molecule has 3 rings (SSSR count). The van der Waals surface area contributed by atoms with E-state index < -0.39 is 0 Å². The second-order valence-corrected chi connectivity index (χ2v) is 4.67. The van der Waals surface area contributed by atoms with Gasteiger partial charge in [-0.25, -0.2) is 0 Å². The van der Waals surface area contributed by atoms with Gasteiger partial charge in [0.15, 0.2) is 0 Å². The molecule has 0 radical (unpaired) electrons. The molecule has 1 aliphatic carbocycles. The van der Waals surface area contributed by atoms with Gasteiger partial charge in [-0.2, -0.15) is 0 Å². The maximum absolute atomic E-state index is 5.75. The molecule has 0 amide bonds. The second-order valence-electron chi connectivity index (χ2n) is 4.67. The first-order chi connectivity index (χ1) is 8.85. The summed E-state index contributed by atoms with van der Waals surface area (Å²) in [5.41, 5.74) is 3.57. The van der Waals surface area contributed by atoms with E-state index in [4.69, 9.17) is 4.74 Å². The number of hydrogen-bond donors (Lipinski definition) is 1. The van der Waals surface area contributed by atoms with Crippen molar-refractivity contribution in [3.05, 3.63) is 48.5 Å². The van der Waals surface area contributed by atoms with Gasteiger partial charge in [0.2, 0.25) is 0 Å². The molecule has 0 atom stereocenters. The fourth-order valence-corrected chi connectivity index (χ4v) is 1.96. The summed E-state index contributed by atoms with van der Waals surface area (Å²) >= 11 is 0. The summed E-state index contributed by atoms with van der Waals surface area (Å²) in [4.78, 5) is 0. The molecule has 0 unspecified atom stereocenters. The molecular weight excluding hydrogens is 222 g/mol. The molecule has 1 fully saturated rings. The highest BCUT2D eigenvalue weighted by atomic mass is 16.5. The lowest BCUT2D eigenvalue weighted by atomic mass is 10.1. The summed E-state index contributed by atoms with van der Waals surface area (Å²) in [6.07, 6.45) is 2.86. The van der Waals surface area contributed by atoms with Crippen molar-refractivity contribution >= 4 is 5.69 Å². The standard InChI is InChI=1S/C16H17NO/c1-17-14-4-2-3-13(11-14)12-5-7-15(8-6-12)18-16-9-10-16/h2-8,11,16-17H,9-10H2,1H3. The van der Waals surface area contributed by atoms with Crippen molar-refractivity contribution in [1.82, 2.24) is 0 Å². The molecule has 0 heterocycles. The van der Waals surface area contributed by atoms with Crippen LogP contribution in [0, 0.1) is 0 Å². The van der Waals surface area contributed by atoms with Crippen LogP contribution in [0.25, 0.3) is 11.1 Å². The van der Waals surface area contributed by atoms with Gasteiger partial charge < -0.3 is 10.1 Å². The summed E-state index contributed by atoms with van der Waals surface area (Å²) in [6, 6.07) is 16.7. The fourth-order valence-electron chi connectivity index (χ4n) is 1.96. The lowest BCUT2D eigenvalue weighted by molar-refractivity contribution is 0.303. The Kier molecular flexibility index (Phi) is 2.93. The second kappa shape index (κ2) is 4.73. The number of rotatable bonds is 4. The maximum Gasteiger partial charge on any atom is 0.119 e.